The van der Waals surface area contributed by atoms with Crippen molar-refractivity contribution in [3.05, 3.63) is 87.5 Å². The number of carbonyl (C=O) groups is 4. The molecule has 3 aromatic carbocycles. The second-order valence-corrected chi connectivity index (χ2v) is 11.5. The number of aryl methyl sites for hydroxylation is 1. The molecule has 1 fully saturated rings. The van der Waals surface area contributed by atoms with Crippen LogP contribution in [0.25, 0.3) is 10.9 Å². The highest BCUT2D eigenvalue weighted by Crippen LogP contribution is 2.51. The molecular formula is C37H42BrN3O7. The maximum Gasteiger partial charge on any atom is 0.262 e. The number of para-hydroxylation sites is 1. The topological polar surface area (TPSA) is 124 Å². The molecule has 2 aliphatic rings. The average Bonchev–Trinajstić information content (AvgIpc) is 3.88. The number of rotatable bonds is 9. The molecule has 1 aliphatic carbocycles. The first-order valence-electron chi connectivity index (χ1n) is 15.6. The van der Waals surface area contributed by atoms with Gasteiger partial charge in [0.2, 0.25) is 5.91 Å². The van der Waals surface area contributed by atoms with Gasteiger partial charge in [-0.3, -0.25) is 14.6 Å². The molecule has 1 aromatic heterocycles. The number of anilines is 1. The Morgan fingerprint density at radius 2 is 1.65 bits per heavy atom. The molecule has 0 atom stereocenters. The van der Waals surface area contributed by atoms with E-state index in [-0.39, 0.29) is 17.2 Å². The van der Waals surface area contributed by atoms with Gasteiger partial charge in [-0.05, 0) is 84.9 Å². The highest BCUT2D eigenvalue weighted by atomic mass is 79.9. The predicted octanol–water partition coefficient (Wildman–Crippen LogP) is 6.62. The van der Waals surface area contributed by atoms with E-state index in [1.807, 2.05) is 69.9 Å². The van der Waals surface area contributed by atoms with Crippen LogP contribution in [0.5, 0.6) is 17.2 Å². The molecule has 2 heterocycles. The first-order valence-corrected chi connectivity index (χ1v) is 16.4. The Hall–Kier alpha value is -4.77. The molecular weight excluding hydrogens is 678 g/mol. The number of pyridine rings is 1. The molecule has 10 nitrogen and oxygen atoms in total. The highest BCUT2D eigenvalue weighted by molar-refractivity contribution is 9.10. The quantitative estimate of drug-likeness (QED) is 0.205. The fourth-order valence-corrected chi connectivity index (χ4v) is 6.48. The fraction of sp³-hybridized carbons (Fsp3) is 0.324. The van der Waals surface area contributed by atoms with E-state index in [9.17, 15) is 9.59 Å². The third kappa shape index (κ3) is 7.36. The molecule has 1 N–H and O–H groups in total. The summed E-state index contributed by atoms with van der Waals surface area (Å²) in [7, 11) is 3.32. The van der Waals surface area contributed by atoms with E-state index in [1.54, 1.807) is 25.3 Å². The minimum Gasteiger partial charge on any atom is -0.496 e. The first kappa shape index (κ1) is 37.7. The zero-order valence-corrected chi connectivity index (χ0v) is 29.6. The van der Waals surface area contributed by atoms with Gasteiger partial charge in [0.15, 0.2) is 5.75 Å². The van der Waals surface area contributed by atoms with Crippen LogP contribution >= 0.6 is 15.9 Å². The number of fused-ring (bicyclic) bond motifs is 2. The molecule has 11 heteroatoms. The van der Waals surface area contributed by atoms with Crippen molar-refractivity contribution < 1.29 is 33.4 Å². The van der Waals surface area contributed by atoms with Crippen LogP contribution in [-0.2, 0) is 32.8 Å². The number of ether oxygens (including phenoxy) is 3. The second-order valence-electron chi connectivity index (χ2n) is 10.7. The molecule has 1 aliphatic heterocycles. The number of hydrogen-bond donors (Lipinski definition) is 1. The normalized spacial score (nSPS) is 13.4. The predicted molar refractivity (Wildman–Crippen MR) is 190 cm³/mol. The van der Waals surface area contributed by atoms with E-state index in [4.69, 9.17) is 23.8 Å². The Bertz CT molecular complexity index is 1740. The van der Waals surface area contributed by atoms with E-state index in [2.05, 4.69) is 45.3 Å². The number of aromatic nitrogens is 1. The molecule has 6 rings (SSSR count). The van der Waals surface area contributed by atoms with Gasteiger partial charge < -0.3 is 34.0 Å². The van der Waals surface area contributed by atoms with E-state index in [0.29, 0.717) is 36.8 Å². The molecule has 2 amide bonds. The Morgan fingerprint density at radius 1 is 0.979 bits per heavy atom. The summed E-state index contributed by atoms with van der Waals surface area (Å²) in [6, 6.07) is 17.6. The SMILES string of the molecule is C=O.C=O.CCOc1c2c(c(OCC)c3ncccc13)CN(c1ccc(CC)cc1Br)C2=O.CNC(=O)C1(c2ccccc2OC)CC1. The number of hydrogen-bond acceptors (Lipinski definition) is 8. The van der Waals surface area contributed by atoms with E-state index in [1.165, 1.54) is 5.56 Å². The van der Waals surface area contributed by atoms with Crippen molar-refractivity contribution in [1.82, 2.24) is 10.3 Å². The third-order valence-corrected chi connectivity index (χ3v) is 8.80. The van der Waals surface area contributed by atoms with Crippen molar-refractivity contribution in [2.75, 3.05) is 32.3 Å². The zero-order valence-electron chi connectivity index (χ0n) is 28.1. The number of carbonyl (C=O) groups excluding carboxylic acids is 4. The van der Waals surface area contributed by atoms with Gasteiger partial charge in [-0.1, -0.05) is 31.2 Å². The van der Waals surface area contributed by atoms with Crippen molar-refractivity contribution >= 4 is 57.9 Å². The highest BCUT2D eigenvalue weighted by Gasteiger charge is 2.52. The Labute approximate surface area is 289 Å². The van der Waals surface area contributed by atoms with Crippen LogP contribution in [-0.4, -0.2) is 57.7 Å². The van der Waals surface area contributed by atoms with Gasteiger partial charge in [0.1, 0.15) is 30.6 Å². The number of methoxy groups -OCH3 is 1. The largest absolute Gasteiger partial charge is 0.496 e. The molecule has 1 saturated carbocycles. The number of halogens is 1. The minimum absolute atomic E-state index is 0.0832. The molecule has 0 saturated heterocycles. The number of nitrogens with zero attached hydrogens (tertiary/aromatic N) is 2. The van der Waals surface area contributed by atoms with Gasteiger partial charge in [-0.25, -0.2) is 0 Å². The standard InChI is InChI=1S/C23H23BrN2O3.C12H15NO2.2CH2O/c1-4-14-9-10-18(17(24)12-14)26-13-16-19(23(26)27)21(28-5-2)15-8-7-11-25-20(15)22(16)29-6-3;1-13-11(14)12(7-8-12)9-5-3-4-6-10(9)15-2;2*1-2/h7-12H,4-6,13H2,1-3H3;3-6H,7-8H2,1-2H3,(H,13,14);2*1H2. The first-order chi connectivity index (χ1) is 23.3. The lowest BCUT2D eigenvalue weighted by molar-refractivity contribution is -0.123. The maximum absolute atomic E-state index is 13.5. The van der Waals surface area contributed by atoms with Crippen LogP contribution in [0.15, 0.2) is 65.3 Å². The van der Waals surface area contributed by atoms with Gasteiger partial charge in [0, 0.05) is 34.2 Å². The molecule has 0 spiro atoms. The van der Waals surface area contributed by atoms with Gasteiger partial charge >= 0.3 is 0 Å². The van der Waals surface area contributed by atoms with Crippen LogP contribution in [0.3, 0.4) is 0 Å². The lowest BCUT2D eigenvalue weighted by Gasteiger charge is -2.18. The van der Waals surface area contributed by atoms with Gasteiger partial charge in [-0.2, -0.15) is 0 Å². The van der Waals surface area contributed by atoms with Crippen molar-refractivity contribution in [2.24, 2.45) is 0 Å². The number of amides is 2. The van der Waals surface area contributed by atoms with Gasteiger partial charge in [0.05, 0.1) is 43.5 Å². The number of nitrogens with one attached hydrogen (secondary N) is 1. The summed E-state index contributed by atoms with van der Waals surface area (Å²) < 4.78 is 18.1. The summed E-state index contributed by atoms with van der Waals surface area (Å²) in [6.07, 6.45) is 4.49. The van der Waals surface area contributed by atoms with E-state index < -0.39 is 0 Å². The smallest absolute Gasteiger partial charge is 0.262 e. The number of benzene rings is 3. The lowest BCUT2D eigenvalue weighted by Crippen LogP contribution is -2.32. The van der Waals surface area contributed by atoms with E-state index in [0.717, 1.165) is 57.2 Å². The van der Waals surface area contributed by atoms with Crippen molar-refractivity contribution in [2.45, 2.75) is 52.0 Å². The summed E-state index contributed by atoms with van der Waals surface area (Å²) in [5.74, 6) is 2.06. The summed E-state index contributed by atoms with van der Waals surface area (Å²) in [6.45, 7) is 11.3. The van der Waals surface area contributed by atoms with Crippen LogP contribution in [0, 0.1) is 0 Å². The van der Waals surface area contributed by atoms with E-state index >= 15 is 0 Å². The molecule has 0 unspecified atom stereocenters. The second kappa shape index (κ2) is 17.4. The lowest BCUT2D eigenvalue weighted by atomic mass is 9.94. The van der Waals surface area contributed by atoms with Crippen LogP contribution in [0.1, 0.15) is 60.7 Å². The molecule has 0 bridgehead atoms. The van der Waals surface area contributed by atoms with Crippen molar-refractivity contribution in [3.8, 4) is 17.2 Å². The minimum atomic E-state index is -0.332. The van der Waals surface area contributed by atoms with Crippen molar-refractivity contribution in [3.63, 3.8) is 0 Å². The monoisotopic (exact) mass is 719 g/mol. The Morgan fingerprint density at radius 3 is 2.23 bits per heavy atom. The molecule has 0 radical (unpaired) electrons. The number of likely N-dealkylation sites (N-methyl/N-ethyl adjacent to an activating group) is 1. The molecule has 254 valence electrons. The summed E-state index contributed by atoms with van der Waals surface area (Å²) >= 11 is 3.64. The summed E-state index contributed by atoms with van der Waals surface area (Å²) in [5, 5.41) is 3.52. The van der Waals surface area contributed by atoms with Crippen LogP contribution in [0.2, 0.25) is 0 Å². The molecule has 48 heavy (non-hydrogen) atoms. The Kier molecular flexibility index (Phi) is 13.7. The summed E-state index contributed by atoms with van der Waals surface area (Å²) in [4.78, 5) is 47.7. The van der Waals surface area contributed by atoms with Crippen LogP contribution < -0.4 is 24.4 Å². The molecule has 4 aromatic rings. The van der Waals surface area contributed by atoms with Gasteiger partial charge in [0.25, 0.3) is 5.91 Å². The Balaban J connectivity index is 0.000000277. The van der Waals surface area contributed by atoms with Gasteiger partial charge in [-0.15, -0.1) is 0 Å². The third-order valence-electron chi connectivity index (χ3n) is 8.17. The van der Waals surface area contributed by atoms with Crippen molar-refractivity contribution in [1.29, 1.82) is 0 Å². The maximum atomic E-state index is 13.5. The zero-order chi connectivity index (χ0) is 35.4. The summed E-state index contributed by atoms with van der Waals surface area (Å²) in [5.41, 5.74) is 4.86. The average molecular weight is 721 g/mol. The fourth-order valence-electron chi connectivity index (χ4n) is 5.84. The van der Waals surface area contributed by atoms with Crippen LogP contribution in [0.4, 0.5) is 5.69 Å².